The van der Waals surface area contributed by atoms with Crippen LogP contribution in [0.3, 0.4) is 0 Å². The Labute approximate surface area is 197 Å². The fourth-order valence-corrected chi connectivity index (χ4v) is 4.13. The third kappa shape index (κ3) is 6.53. The van der Waals surface area contributed by atoms with Gasteiger partial charge in [-0.1, -0.05) is 44.2 Å². The van der Waals surface area contributed by atoms with E-state index < -0.39 is 32.4 Å². The van der Waals surface area contributed by atoms with Crippen molar-refractivity contribution < 1.29 is 28.2 Å². The van der Waals surface area contributed by atoms with Crippen molar-refractivity contribution in [2.24, 2.45) is 0 Å². The number of Topliss-reactive ketones (excluding diaryl/α,β-unsaturated/α-hetero) is 1. The first kappa shape index (κ1) is 25.1. The lowest BCUT2D eigenvalue weighted by Crippen LogP contribution is -2.09. The van der Waals surface area contributed by atoms with Crippen LogP contribution >= 0.6 is 8.03 Å². The second kappa shape index (κ2) is 11.6. The van der Waals surface area contributed by atoms with E-state index in [0.29, 0.717) is 0 Å². The molecule has 0 fully saturated rings. The summed E-state index contributed by atoms with van der Waals surface area (Å²) in [5, 5.41) is 13.5. The predicted octanol–water partition coefficient (Wildman–Crippen LogP) is 5.62. The van der Waals surface area contributed by atoms with E-state index >= 15 is 0 Å². The van der Waals surface area contributed by atoms with E-state index in [1.165, 1.54) is 12.1 Å². The Kier molecular flexibility index (Phi) is 8.57. The maximum atomic E-state index is 13.6. The van der Waals surface area contributed by atoms with Gasteiger partial charge < -0.3 is 5.11 Å². The molecule has 1 unspecified atom stereocenters. The van der Waals surface area contributed by atoms with E-state index in [1.807, 2.05) is 54.9 Å². The van der Waals surface area contributed by atoms with E-state index in [2.05, 4.69) is 0 Å². The Bertz CT molecular complexity index is 1200. The van der Waals surface area contributed by atoms with Crippen molar-refractivity contribution in [3.63, 3.8) is 0 Å². The number of carbonyl (C=O) groups excluding carboxylic acids is 1. The molecular weight excluding hydrogens is 458 g/mol. The number of aromatic nitrogens is 2. The summed E-state index contributed by atoms with van der Waals surface area (Å²) in [6.45, 7) is 4.00. The van der Waals surface area contributed by atoms with Gasteiger partial charge in [0.25, 0.3) is 0 Å². The van der Waals surface area contributed by atoms with Crippen LogP contribution in [0.1, 0.15) is 37.4 Å². The van der Waals surface area contributed by atoms with Crippen LogP contribution in [0.2, 0.25) is 0 Å². The van der Waals surface area contributed by atoms with Crippen molar-refractivity contribution in [3.05, 3.63) is 77.7 Å². The molecule has 0 saturated heterocycles. The van der Waals surface area contributed by atoms with Crippen LogP contribution in [0.25, 0.3) is 23.0 Å². The molecule has 0 spiro atoms. The lowest BCUT2D eigenvalue weighted by molar-refractivity contribution is -0.139. The molecule has 1 atom stereocenters. The number of nitrogens with zero attached hydrogens (tertiary/aromatic N) is 2. The van der Waals surface area contributed by atoms with Crippen LogP contribution in [-0.4, -0.2) is 39.4 Å². The molecule has 0 saturated carbocycles. The number of carbonyl (C=O) groups is 2. The van der Waals surface area contributed by atoms with Gasteiger partial charge >= 0.3 is 14.0 Å². The van der Waals surface area contributed by atoms with Crippen LogP contribution in [-0.2, 0) is 18.7 Å². The number of hydrogen-bond acceptors (Lipinski definition) is 5. The summed E-state index contributed by atoms with van der Waals surface area (Å²) < 4.78 is 32.6. The first-order valence-electron chi connectivity index (χ1n) is 10.7. The van der Waals surface area contributed by atoms with Gasteiger partial charge in [0.1, 0.15) is 18.8 Å². The molecule has 0 bridgehead atoms. The van der Waals surface area contributed by atoms with Crippen LogP contribution in [0, 0.1) is 5.82 Å². The normalized spacial score (nSPS) is 11.8. The molecular formula is C25H25FN2O5P+. The number of aliphatic carboxylic acids is 1. The molecule has 1 aromatic heterocycles. The lowest BCUT2D eigenvalue weighted by Gasteiger charge is -2.09. The minimum Gasteiger partial charge on any atom is -0.481 e. The van der Waals surface area contributed by atoms with Crippen molar-refractivity contribution in [1.82, 2.24) is 9.78 Å². The van der Waals surface area contributed by atoms with Crippen molar-refractivity contribution in [2.45, 2.75) is 26.2 Å². The smallest absolute Gasteiger partial charge is 0.481 e. The number of carboxylic acids is 1. The van der Waals surface area contributed by atoms with Gasteiger partial charge in [-0.2, -0.15) is 5.10 Å². The van der Waals surface area contributed by atoms with E-state index in [9.17, 15) is 18.5 Å². The highest BCUT2D eigenvalue weighted by molar-refractivity contribution is 7.40. The summed E-state index contributed by atoms with van der Waals surface area (Å²) in [6, 6.07) is 15.7. The Morgan fingerprint density at radius 3 is 2.44 bits per heavy atom. The maximum absolute atomic E-state index is 13.6. The highest BCUT2D eigenvalue weighted by Crippen LogP contribution is 2.34. The van der Waals surface area contributed by atoms with Crippen LogP contribution < -0.4 is 0 Å². The molecule has 3 rings (SSSR count). The van der Waals surface area contributed by atoms with Crippen molar-refractivity contribution in [1.29, 1.82) is 0 Å². The third-order valence-corrected chi connectivity index (χ3v) is 5.92. The zero-order valence-electron chi connectivity index (χ0n) is 18.8. The predicted molar refractivity (Wildman–Crippen MR) is 128 cm³/mol. The van der Waals surface area contributed by atoms with Gasteiger partial charge in [0, 0.05) is 11.1 Å². The molecule has 0 aliphatic heterocycles. The second-order valence-electron chi connectivity index (χ2n) is 7.85. The highest BCUT2D eigenvalue weighted by atomic mass is 31.1. The molecule has 0 amide bonds. The zero-order valence-corrected chi connectivity index (χ0v) is 19.7. The minimum atomic E-state index is -2.31. The molecule has 176 valence electrons. The van der Waals surface area contributed by atoms with Gasteiger partial charge in [-0.15, -0.1) is 4.52 Å². The maximum Gasteiger partial charge on any atom is 0.516 e. The number of ketones is 1. The van der Waals surface area contributed by atoms with Gasteiger partial charge in [0.2, 0.25) is 6.16 Å². The van der Waals surface area contributed by atoms with Gasteiger partial charge in [-0.25, -0.2) is 9.07 Å². The number of para-hydroxylation sites is 1. The molecule has 7 nitrogen and oxygen atoms in total. The molecule has 34 heavy (non-hydrogen) atoms. The fourth-order valence-electron chi connectivity index (χ4n) is 3.39. The molecule has 0 aliphatic rings. The Morgan fingerprint density at radius 2 is 1.82 bits per heavy atom. The topological polar surface area (TPSA) is 98.5 Å². The third-order valence-electron chi connectivity index (χ3n) is 4.87. The summed E-state index contributed by atoms with van der Waals surface area (Å²) in [5.74, 6) is -2.18. The molecule has 1 heterocycles. The average molecular weight is 483 g/mol. The van der Waals surface area contributed by atoms with E-state index in [-0.39, 0.29) is 18.3 Å². The Hall–Kier alpha value is -3.48. The van der Waals surface area contributed by atoms with E-state index in [1.54, 1.807) is 18.2 Å². The summed E-state index contributed by atoms with van der Waals surface area (Å²) in [5.41, 5.74) is 4.02. The van der Waals surface area contributed by atoms with Gasteiger partial charge in [0.15, 0.2) is 5.78 Å². The monoisotopic (exact) mass is 483 g/mol. The number of benzene rings is 2. The molecule has 3 aromatic rings. The minimum absolute atomic E-state index is 0.0353. The highest BCUT2D eigenvalue weighted by Gasteiger charge is 2.24. The van der Waals surface area contributed by atoms with Crippen molar-refractivity contribution in [3.8, 4) is 16.9 Å². The Balaban J connectivity index is 1.92. The number of rotatable bonds is 11. The van der Waals surface area contributed by atoms with Gasteiger partial charge in [0.05, 0.1) is 17.1 Å². The molecule has 0 aliphatic carbocycles. The van der Waals surface area contributed by atoms with Crippen LogP contribution in [0.15, 0.2) is 60.7 Å². The van der Waals surface area contributed by atoms with Crippen molar-refractivity contribution in [2.75, 3.05) is 12.8 Å². The second-order valence-corrected chi connectivity index (χ2v) is 9.09. The number of hydrogen-bond donors (Lipinski definition) is 1. The molecule has 9 heteroatoms. The summed E-state index contributed by atoms with van der Waals surface area (Å²) in [7, 11) is -2.31. The number of halogens is 1. The Morgan fingerprint density at radius 1 is 1.15 bits per heavy atom. The van der Waals surface area contributed by atoms with Crippen molar-refractivity contribution >= 4 is 25.9 Å². The first-order chi connectivity index (χ1) is 16.3. The quantitative estimate of drug-likeness (QED) is 0.281. The van der Waals surface area contributed by atoms with Gasteiger partial charge in [-0.05, 0) is 46.9 Å². The number of carboxylic acid groups (broad SMARTS) is 1. The summed E-state index contributed by atoms with van der Waals surface area (Å²) in [6.07, 6.45) is 2.35. The van der Waals surface area contributed by atoms with Gasteiger partial charge in [-0.3, -0.25) is 9.59 Å². The summed E-state index contributed by atoms with van der Waals surface area (Å²) in [4.78, 5) is 22.1. The molecule has 0 radical (unpaired) electrons. The molecule has 2 aromatic carbocycles. The fraction of sp³-hybridized carbons (Fsp3) is 0.240. The standard InChI is InChI=1S/C25H24FN2O5P/c1-17(2)24-22(9-6-14-33-34(32)16-21(29)15-23(30)31)25(18-10-12-19(26)13-11-18)28(27-24)20-7-4-3-5-8-20/h3-13,17H,14-16H2,1-2H3/p+1/b9-6+. The lowest BCUT2D eigenvalue weighted by atomic mass is 9.99. The average Bonchev–Trinajstić information content (AvgIpc) is 3.17. The largest absolute Gasteiger partial charge is 0.516 e. The van der Waals surface area contributed by atoms with E-state index in [0.717, 1.165) is 28.2 Å². The summed E-state index contributed by atoms with van der Waals surface area (Å²) >= 11 is 0. The molecule has 1 N–H and O–H groups in total. The van der Waals surface area contributed by atoms with Crippen LogP contribution in [0.5, 0.6) is 0 Å². The zero-order chi connectivity index (χ0) is 24.7. The van der Waals surface area contributed by atoms with E-state index in [4.69, 9.17) is 14.7 Å². The SMILES string of the molecule is CC(C)c1nn(-c2ccccc2)c(-c2ccc(F)cc2)c1/C=C/CO[P+](=O)CC(=O)CC(=O)O. The first-order valence-corrected chi connectivity index (χ1v) is 12.0. The van der Waals surface area contributed by atoms with Crippen LogP contribution in [0.4, 0.5) is 4.39 Å².